The Labute approximate surface area is 107 Å². The van der Waals surface area contributed by atoms with Gasteiger partial charge in [-0.2, -0.15) is 0 Å². The summed E-state index contributed by atoms with van der Waals surface area (Å²) in [5.74, 6) is -0.682. The topological polar surface area (TPSA) is 68.2 Å². The molecule has 0 N–H and O–H groups in total. The molecular formula is C12H20N2O4. The van der Waals surface area contributed by atoms with E-state index in [1.165, 1.54) is 14.2 Å². The summed E-state index contributed by atoms with van der Waals surface area (Å²) in [5.41, 5.74) is -0.0752. The molecule has 0 aliphatic rings. The quantitative estimate of drug-likeness (QED) is 0.317. The molecule has 0 aromatic rings. The maximum atomic E-state index is 11.5. The summed E-state index contributed by atoms with van der Waals surface area (Å²) in [4.78, 5) is 28.7. The van der Waals surface area contributed by atoms with Crippen molar-refractivity contribution in [2.45, 2.75) is 20.8 Å². The van der Waals surface area contributed by atoms with Gasteiger partial charge in [0.1, 0.15) is 5.84 Å². The third-order valence-electron chi connectivity index (χ3n) is 2.35. The van der Waals surface area contributed by atoms with Crippen LogP contribution in [0.2, 0.25) is 0 Å². The molecule has 0 fully saturated rings. The molecule has 0 saturated carbocycles. The van der Waals surface area contributed by atoms with Crippen LogP contribution in [0, 0.1) is 0 Å². The number of esters is 2. The highest BCUT2D eigenvalue weighted by atomic mass is 16.5. The molecule has 0 aliphatic carbocycles. The lowest BCUT2D eigenvalue weighted by atomic mass is 10.4. The van der Waals surface area contributed by atoms with Crippen LogP contribution >= 0.6 is 0 Å². The van der Waals surface area contributed by atoms with Crippen LogP contribution in [0.1, 0.15) is 20.8 Å². The third-order valence-corrected chi connectivity index (χ3v) is 2.35. The highest BCUT2D eigenvalue weighted by Crippen LogP contribution is 2.04. The van der Waals surface area contributed by atoms with E-state index < -0.39 is 11.9 Å². The smallest absolute Gasteiger partial charge is 0.356 e. The van der Waals surface area contributed by atoms with Gasteiger partial charge in [-0.05, 0) is 20.8 Å². The summed E-state index contributed by atoms with van der Waals surface area (Å²) in [5, 5.41) is 0. The van der Waals surface area contributed by atoms with Gasteiger partial charge in [-0.25, -0.2) is 14.6 Å². The van der Waals surface area contributed by atoms with Gasteiger partial charge in [0, 0.05) is 13.1 Å². The Hall–Kier alpha value is -1.85. The zero-order valence-electron chi connectivity index (χ0n) is 11.5. The molecule has 0 saturated heterocycles. The van der Waals surface area contributed by atoms with Crippen LogP contribution in [0.5, 0.6) is 0 Å². The second-order valence-corrected chi connectivity index (χ2v) is 3.38. The number of hydrogen-bond acceptors (Lipinski definition) is 5. The molecule has 0 bridgehead atoms. The lowest BCUT2D eigenvalue weighted by Gasteiger charge is -2.20. The normalized spacial score (nSPS) is 12.1. The number of carbonyl (C=O) groups is 2. The molecule has 6 heteroatoms. The Morgan fingerprint density at radius 3 is 2.11 bits per heavy atom. The van der Waals surface area contributed by atoms with Gasteiger partial charge in [0.25, 0.3) is 0 Å². The van der Waals surface area contributed by atoms with Crippen LogP contribution in [0.25, 0.3) is 0 Å². The average molecular weight is 256 g/mol. The molecule has 6 nitrogen and oxygen atoms in total. The summed E-state index contributed by atoms with van der Waals surface area (Å²) >= 11 is 0. The van der Waals surface area contributed by atoms with E-state index in [0.29, 0.717) is 5.84 Å². The third kappa shape index (κ3) is 4.99. The molecule has 0 amide bonds. The van der Waals surface area contributed by atoms with Crippen LogP contribution in [-0.2, 0) is 19.1 Å². The second-order valence-electron chi connectivity index (χ2n) is 3.38. The van der Waals surface area contributed by atoms with Gasteiger partial charge in [0.05, 0.1) is 20.3 Å². The summed E-state index contributed by atoms with van der Waals surface area (Å²) in [6.45, 7) is 7.24. The van der Waals surface area contributed by atoms with Gasteiger partial charge in [-0.1, -0.05) is 0 Å². The van der Waals surface area contributed by atoms with E-state index in [2.05, 4.69) is 14.5 Å². The fourth-order valence-corrected chi connectivity index (χ4v) is 1.34. The number of ether oxygens (including phenoxy) is 2. The Morgan fingerprint density at radius 2 is 1.72 bits per heavy atom. The van der Waals surface area contributed by atoms with Crippen LogP contribution < -0.4 is 0 Å². The van der Waals surface area contributed by atoms with Gasteiger partial charge in [0.2, 0.25) is 0 Å². The van der Waals surface area contributed by atoms with E-state index in [9.17, 15) is 9.59 Å². The number of aliphatic imine (C=N–C) groups is 1. The predicted molar refractivity (Wildman–Crippen MR) is 68.1 cm³/mol. The van der Waals surface area contributed by atoms with Crippen molar-refractivity contribution in [1.29, 1.82) is 0 Å². The highest BCUT2D eigenvalue weighted by molar-refractivity contribution is 5.98. The maximum Gasteiger partial charge on any atom is 0.356 e. The van der Waals surface area contributed by atoms with Crippen molar-refractivity contribution in [3.05, 3.63) is 11.8 Å². The van der Waals surface area contributed by atoms with Gasteiger partial charge >= 0.3 is 11.9 Å². The molecule has 0 rings (SSSR count). The first-order valence-corrected chi connectivity index (χ1v) is 5.68. The minimum atomic E-state index is -0.674. The summed E-state index contributed by atoms with van der Waals surface area (Å²) in [6, 6.07) is 0. The summed E-state index contributed by atoms with van der Waals surface area (Å²) in [6.07, 6.45) is 1.01. The van der Waals surface area contributed by atoms with Crippen LogP contribution in [0.4, 0.5) is 0 Å². The molecular weight excluding hydrogens is 236 g/mol. The molecule has 0 aliphatic heterocycles. The molecule has 0 atom stereocenters. The molecule has 18 heavy (non-hydrogen) atoms. The standard InChI is InChI=1S/C12H20N2O4/c1-6-14(7-2)9(3)13-10(12(16)18-5)8-11(15)17-4/h8H,6-7H2,1-5H3/b10-8-,13-9?. The van der Waals surface area contributed by atoms with E-state index in [1.54, 1.807) is 6.92 Å². The number of methoxy groups -OCH3 is 2. The average Bonchev–Trinajstić information content (AvgIpc) is 2.38. The van der Waals surface area contributed by atoms with Crippen molar-refractivity contribution in [2.24, 2.45) is 4.99 Å². The monoisotopic (exact) mass is 256 g/mol. The van der Waals surface area contributed by atoms with Gasteiger partial charge < -0.3 is 14.4 Å². The minimum Gasteiger partial charge on any atom is -0.466 e. The number of hydrogen-bond donors (Lipinski definition) is 0. The Balaban J connectivity index is 5.23. The van der Waals surface area contributed by atoms with Gasteiger partial charge in [-0.15, -0.1) is 0 Å². The highest BCUT2D eigenvalue weighted by Gasteiger charge is 2.13. The van der Waals surface area contributed by atoms with E-state index in [1.807, 2.05) is 18.7 Å². The minimum absolute atomic E-state index is 0.0752. The number of rotatable bonds is 5. The molecule has 0 spiro atoms. The molecule has 0 heterocycles. The SMILES string of the molecule is CCN(CC)C(C)=N/C(=C\C(=O)OC)C(=O)OC. The summed E-state index contributed by atoms with van der Waals surface area (Å²) < 4.78 is 9.03. The molecule has 0 aromatic heterocycles. The number of nitrogens with zero attached hydrogens (tertiary/aromatic N) is 2. The van der Waals surface area contributed by atoms with Crippen molar-refractivity contribution in [2.75, 3.05) is 27.3 Å². The van der Waals surface area contributed by atoms with Crippen molar-refractivity contribution < 1.29 is 19.1 Å². The van der Waals surface area contributed by atoms with Crippen LogP contribution in [-0.4, -0.2) is 50.0 Å². The first kappa shape index (κ1) is 16.1. The van der Waals surface area contributed by atoms with Crippen molar-refractivity contribution in [1.82, 2.24) is 4.90 Å². The number of amidine groups is 1. The molecule has 0 aromatic carbocycles. The first-order valence-electron chi connectivity index (χ1n) is 5.68. The zero-order valence-corrected chi connectivity index (χ0v) is 11.5. The lowest BCUT2D eigenvalue weighted by molar-refractivity contribution is -0.138. The Morgan fingerprint density at radius 1 is 1.17 bits per heavy atom. The fourth-order valence-electron chi connectivity index (χ4n) is 1.34. The zero-order chi connectivity index (χ0) is 14.1. The van der Waals surface area contributed by atoms with Crippen LogP contribution in [0.15, 0.2) is 16.8 Å². The van der Waals surface area contributed by atoms with Crippen molar-refractivity contribution >= 4 is 17.8 Å². The van der Waals surface area contributed by atoms with E-state index in [-0.39, 0.29) is 5.70 Å². The fraction of sp³-hybridized carbons (Fsp3) is 0.583. The molecule has 102 valence electrons. The molecule has 0 radical (unpaired) electrons. The van der Waals surface area contributed by atoms with E-state index >= 15 is 0 Å². The Bertz CT molecular complexity index is 357. The lowest BCUT2D eigenvalue weighted by Crippen LogP contribution is -2.28. The second kappa shape index (κ2) is 8.27. The van der Waals surface area contributed by atoms with E-state index in [0.717, 1.165) is 19.2 Å². The first-order chi connectivity index (χ1) is 8.49. The Kier molecular flexibility index (Phi) is 7.42. The largest absolute Gasteiger partial charge is 0.466 e. The van der Waals surface area contributed by atoms with Crippen LogP contribution in [0.3, 0.4) is 0 Å². The predicted octanol–water partition coefficient (Wildman–Crippen LogP) is 0.976. The van der Waals surface area contributed by atoms with Crippen molar-refractivity contribution in [3.63, 3.8) is 0 Å². The summed E-state index contributed by atoms with van der Waals surface area (Å²) in [7, 11) is 2.46. The van der Waals surface area contributed by atoms with Crippen molar-refractivity contribution in [3.8, 4) is 0 Å². The maximum absolute atomic E-state index is 11.5. The van der Waals surface area contributed by atoms with Gasteiger partial charge in [-0.3, -0.25) is 0 Å². The van der Waals surface area contributed by atoms with E-state index in [4.69, 9.17) is 0 Å². The number of carbonyl (C=O) groups excluding carboxylic acids is 2. The molecule has 0 unspecified atom stereocenters. The van der Waals surface area contributed by atoms with Gasteiger partial charge in [0.15, 0.2) is 5.70 Å².